The van der Waals surface area contributed by atoms with Crippen molar-refractivity contribution >= 4 is 16.6 Å². The SMILES string of the molecule is O=c1c2ccccc2nc2n1C(c1ccccc1F)Nc1ccccc1-2. The summed E-state index contributed by atoms with van der Waals surface area (Å²) in [7, 11) is 0. The van der Waals surface area contributed by atoms with Crippen molar-refractivity contribution in [3.05, 3.63) is 94.5 Å². The molecule has 0 spiro atoms. The minimum Gasteiger partial charge on any atom is -0.360 e. The van der Waals surface area contributed by atoms with Crippen LogP contribution in [0.25, 0.3) is 22.3 Å². The molecule has 1 aliphatic heterocycles. The van der Waals surface area contributed by atoms with Crippen LogP contribution in [0.15, 0.2) is 77.6 Å². The van der Waals surface area contributed by atoms with E-state index in [-0.39, 0.29) is 11.4 Å². The molecule has 0 saturated carbocycles. The Hall–Kier alpha value is -3.47. The largest absolute Gasteiger partial charge is 0.360 e. The first-order chi connectivity index (χ1) is 12.7. The van der Waals surface area contributed by atoms with Gasteiger partial charge in [-0.05, 0) is 30.3 Å². The summed E-state index contributed by atoms with van der Waals surface area (Å²) in [6, 6.07) is 21.3. The highest BCUT2D eigenvalue weighted by Gasteiger charge is 2.29. The van der Waals surface area contributed by atoms with Gasteiger partial charge in [-0.3, -0.25) is 9.36 Å². The molecule has 0 amide bonds. The number of para-hydroxylation sites is 2. The second-order valence-corrected chi connectivity index (χ2v) is 6.24. The lowest BCUT2D eigenvalue weighted by molar-refractivity contribution is 0.552. The van der Waals surface area contributed by atoms with E-state index in [4.69, 9.17) is 4.98 Å². The van der Waals surface area contributed by atoms with Gasteiger partial charge in [0.2, 0.25) is 0 Å². The monoisotopic (exact) mass is 343 g/mol. The van der Waals surface area contributed by atoms with Crippen LogP contribution in [0.2, 0.25) is 0 Å². The average molecular weight is 343 g/mol. The minimum atomic E-state index is -0.661. The Labute approximate surface area is 148 Å². The molecule has 26 heavy (non-hydrogen) atoms. The van der Waals surface area contributed by atoms with Crippen molar-refractivity contribution in [1.29, 1.82) is 0 Å². The van der Waals surface area contributed by atoms with Gasteiger partial charge >= 0.3 is 0 Å². The van der Waals surface area contributed by atoms with Crippen LogP contribution in [0.5, 0.6) is 0 Å². The number of fused-ring (bicyclic) bond motifs is 4. The fourth-order valence-electron chi connectivity index (χ4n) is 3.50. The fourth-order valence-corrected chi connectivity index (χ4v) is 3.50. The molecule has 5 rings (SSSR count). The van der Waals surface area contributed by atoms with Gasteiger partial charge in [-0.1, -0.05) is 42.5 Å². The lowest BCUT2D eigenvalue weighted by atomic mass is 10.0. The Balaban J connectivity index is 1.90. The summed E-state index contributed by atoms with van der Waals surface area (Å²) in [6.07, 6.45) is -0.661. The van der Waals surface area contributed by atoms with Crippen molar-refractivity contribution in [2.24, 2.45) is 0 Å². The second kappa shape index (κ2) is 5.52. The quantitative estimate of drug-likeness (QED) is 0.564. The van der Waals surface area contributed by atoms with E-state index in [0.717, 1.165) is 11.3 Å². The predicted molar refractivity (Wildman–Crippen MR) is 99.6 cm³/mol. The Bertz CT molecular complexity index is 1220. The molecule has 126 valence electrons. The lowest BCUT2D eigenvalue weighted by Crippen LogP contribution is -2.35. The molecule has 0 saturated heterocycles. The fraction of sp³-hybridized carbons (Fsp3) is 0.0476. The summed E-state index contributed by atoms with van der Waals surface area (Å²) >= 11 is 0. The van der Waals surface area contributed by atoms with E-state index < -0.39 is 6.17 Å². The second-order valence-electron chi connectivity index (χ2n) is 6.24. The van der Waals surface area contributed by atoms with Crippen LogP contribution in [-0.2, 0) is 0 Å². The molecule has 1 N–H and O–H groups in total. The molecule has 2 heterocycles. The van der Waals surface area contributed by atoms with Crippen LogP contribution in [0.4, 0.5) is 10.1 Å². The number of aromatic nitrogens is 2. The molecule has 4 aromatic rings. The van der Waals surface area contributed by atoms with Gasteiger partial charge in [-0.2, -0.15) is 0 Å². The Morgan fingerprint density at radius 3 is 2.54 bits per heavy atom. The van der Waals surface area contributed by atoms with Crippen LogP contribution < -0.4 is 10.9 Å². The van der Waals surface area contributed by atoms with Crippen molar-refractivity contribution in [1.82, 2.24) is 9.55 Å². The molecule has 1 unspecified atom stereocenters. The number of nitrogens with zero attached hydrogens (tertiary/aromatic N) is 2. The Morgan fingerprint density at radius 1 is 0.923 bits per heavy atom. The van der Waals surface area contributed by atoms with Crippen LogP contribution in [0.1, 0.15) is 11.7 Å². The van der Waals surface area contributed by atoms with E-state index in [1.165, 1.54) is 6.07 Å². The van der Waals surface area contributed by atoms with Crippen molar-refractivity contribution in [2.75, 3.05) is 5.32 Å². The van der Waals surface area contributed by atoms with Crippen LogP contribution in [0.3, 0.4) is 0 Å². The smallest absolute Gasteiger partial charge is 0.263 e. The zero-order valence-electron chi connectivity index (χ0n) is 13.7. The first-order valence-electron chi connectivity index (χ1n) is 8.36. The number of hydrogen-bond acceptors (Lipinski definition) is 3. The van der Waals surface area contributed by atoms with E-state index in [2.05, 4.69) is 5.32 Å². The first kappa shape index (κ1) is 14.8. The van der Waals surface area contributed by atoms with Gasteiger partial charge < -0.3 is 5.32 Å². The molecule has 3 aromatic carbocycles. The average Bonchev–Trinajstić information content (AvgIpc) is 2.68. The highest BCUT2D eigenvalue weighted by molar-refractivity contribution is 5.83. The van der Waals surface area contributed by atoms with E-state index in [0.29, 0.717) is 22.3 Å². The summed E-state index contributed by atoms with van der Waals surface area (Å²) in [4.78, 5) is 18.0. The third-order valence-corrected chi connectivity index (χ3v) is 4.73. The van der Waals surface area contributed by atoms with Crippen molar-refractivity contribution in [3.8, 4) is 11.4 Å². The number of anilines is 1. The highest BCUT2D eigenvalue weighted by atomic mass is 19.1. The summed E-state index contributed by atoms with van der Waals surface area (Å²) < 4.78 is 16.1. The maximum atomic E-state index is 14.5. The zero-order chi connectivity index (χ0) is 17.7. The van der Waals surface area contributed by atoms with Gasteiger partial charge in [0, 0.05) is 16.8 Å². The Kier molecular flexibility index (Phi) is 3.15. The molecule has 1 atom stereocenters. The molecule has 0 fully saturated rings. The molecule has 0 aliphatic carbocycles. The number of rotatable bonds is 1. The highest BCUT2D eigenvalue weighted by Crippen LogP contribution is 2.37. The molecule has 1 aromatic heterocycles. The van der Waals surface area contributed by atoms with Crippen LogP contribution >= 0.6 is 0 Å². The normalized spacial score (nSPS) is 15.2. The minimum absolute atomic E-state index is 0.194. The van der Waals surface area contributed by atoms with Gasteiger partial charge in [0.15, 0.2) is 0 Å². The van der Waals surface area contributed by atoms with Crippen LogP contribution in [0, 0.1) is 5.82 Å². The number of hydrogen-bond donors (Lipinski definition) is 1. The summed E-state index contributed by atoms with van der Waals surface area (Å²) in [5.74, 6) is 0.173. The number of benzene rings is 3. The number of halogens is 1. The lowest BCUT2D eigenvalue weighted by Gasteiger charge is -2.31. The Morgan fingerprint density at radius 2 is 1.65 bits per heavy atom. The topological polar surface area (TPSA) is 46.9 Å². The van der Waals surface area contributed by atoms with Crippen LogP contribution in [-0.4, -0.2) is 9.55 Å². The van der Waals surface area contributed by atoms with E-state index in [9.17, 15) is 9.18 Å². The van der Waals surface area contributed by atoms with E-state index in [1.807, 2.05) is 36.4 Å². The van der Waals surface area contributed by atoms with Gasteiger partial charge in [0.25, 0.3) is 5.56 Å². The van der Waals surface area contributed by atoms with Gasteiger partial charge in [0.05, 0.1) is 10.9 Å². The van der Waals surface area contributed by atoms with E-state index >= 15 is 0 Å². The molecule has 0 bridgehead atoms. The maximum absolute atomic E-state index is 14.5. The standard InChI is InChI=1S/C21H14FN3O/c22-16-10-4-1-7-13(16)19-23-17-11-5-2-8-14(17)20-24-18-12-6-3-9-15(18)21(26)25(19)20/h1-12,19,23H. The van der Waals surface area contributed by atoms with Crippen molar-refractivity contribution < 1.29 is 4.39 Å². The van der Waals surface area contributed by atoms with Gasteiger partial charge in [-0.25, -0.2) is 9.37 Å². The predicted octanol–water partition coefficient (Wildman–Crippen LogP) is 4.18. The summed E-state index contributed by atoms with van der Waals surface area (Å²) in [6.45, 7) is 0. The third-order valence-electron chi connectivity index (χ3n) is 4.73. The number of nitrogens with one attached hydrogen (secondary N) is 1. The molecular formula is C21H14FN3O. The first-order valence-corrected chi connectivity index (χ1v) is 8.36. The van der Waals surface area contributed by atoms with Gasteiger partial charge in [0.1, 0.15) is 17.8 Å². The molecular weight excluding hydrogens is 329 g/mol. The molecule has 0 radical (unpaired) electrons. The summed E-state index contributed by atoms with van der Waals surface area (Å²) in [5.41, 5.74) is 2.49. The maximum Gasteiger partial charge on any atom is 0.263 e. The summed E-state index contributed by atoms with van der Waals surface area (Å²) in [5, 5.41) is 3.81. The molecule has 4 nitrogen and oxygen atoms in total. The molecule has 5 heteroatoms. The molecule has 1 aliphatic rings. The van der Waals surface area contributed by atoms with E-state index in [1.54, 1.807) is 34.9 Å². The van der Waals surface area contributed by atoms with Gasteiger partial charge in [-0.15, -0.1) is 0 Å². The zero-order valence-corrected chi connectivity index (χ0v) is 13.7. The van der Waals surface area contributed by atoms with Crippen molar-refractivity contribution in [3.63, 3.8) is 0 Å². The van der Waals surface area contributed by atoms with Crippen molar-refractivity contribution in [2.45, 2.75) is 6.17 Å². The third kappa shape index (κ3) is 2.07.